The lowest BCUT2D eigenvalue weighted by Crippen LogP contribution is -2.30. The molecule has 0 aliphatic carbocycles. The maximum atomic E-state index is 13.9. The number of nitrogens with one attached hydrogen (secondary N) is 1. The van der Waals surface area contributed by atoms with E-state index in [-0.39, 0.29) is 5.56 Å². The molecule has 0 spiro atoms. The third-order valence-corrected chi connectivity index (χ3v) is 7.93. The number of aromatic amines is 1. The van der Waals surface area contributed by atoms with Crippen LogP contribution in [-0.2, 0) is 19.4 Å². The SMILES string of the molecule is CCCCc1nc(C)n(Cc2sc(C)nc2C)c(=O)c1Cc1ccc(-c2ccccc2-c2noc(=O)[nH]2)cc1. The van der Waals surface area contributed by atoms with Gasteiger partial charge in [-0.1, -0.05) is 67.0 Å². The van der Waals surface area contributed by atoms with Crippen molar-refractivity contribution in [2.45, 2.75) is 59.9 Å². The predicted molar refractivity (Wildman–Crippen MR) is 153 cm³/mol. The quantitative estimate of drug-likeness (QED) is 0.260. The summed E-state index contributed by atoms with van der Waals surface area (Å²) in [7, 11) is 0. The summed E-state index contributed by atoms with van der Waals surface area (Å²) in [6.07, 6.45) is 3.30. The number of nitrogens with zero attached hydrogens (tertiary/aromatic N) is 4. The minimum absolute atomic E-state index is 0.0171. The summed E-state index contributed by atoms with van der Waals surface area (Å²) in [6.45, 7) is 8.52. The maximum absolute atomic E-state index is 13.9. The van der Waals surface area contributed by atoms with Crippen molar-refractivity contribution in [3.63, 3.8) is 0 Å². The summed E-state index contributed by atoms with van der Waals surface area (Å²) < 4.78 is 6.49. The van der Waals surface area contributed by atoms with Crippen LogP contribution in [0.5, 0.6) is 0 Å². The molecule has 0 fully saturated rings. The summed E-state index contributed by atoms with van der Waals surface area (Å²) in [5, 5.41) is 4.85. The molecule has 3 heterocycles. The van der Waals surface area contributed by atoms with Crippen LogP contribution < -0.4 is 11.3 Å². The third kappa shape index (κ3) is 5.68. The molecule has 0 amide bonds. The Bertz CT molecular complexity index is 1730. The van der Waals surface area contributed by atoms with Crippen molar-refractivity contribution in [2.24, 2.45) is 0 Å². The molecule has 0 saturated carbocycles. The molecule has 0 saturated heterocycles. The second-order valence-corrected chi connectivity index (χ2v) is 11.0. The van der Waals surface area contributed by atoms with Crippen molar-refractivity contribution in [1.29, 1.82) is 0 Å². The van der Waals surface area contributed by atoms with E-state index in [1.54, 1.807) is 15.9 Å². The topological polar surface area (TPSA) is 107 Å². The standard InChI is InChI=1S/C30H31N5O3S/c1-5-6-11-26-25(29(36)35(19(3)32-26)17-27-18(2)31-20(4)39-27)16-21-12-14-22(15-13-21)23-9-7-8-10-24(23)28-33-30(37)38-34-28/h7-10,12-15H,5-6,11,16-17H2,1-4H3,(H,33,34,37). The molecule has 8 nitrogen and oxygen atoms in total. The van der Waals surface area contributed by atoms with E-state index < -0.39 is 5.76 Å². The Kier molecular flexibility index (Phi) is 7.70. The van der Waals surface area contributed by atoms with Gasteiger partial charge in [-0.05, 0) is 50.3 Å². The molecule has 0 unspecified atom stereocenters. The molecule has 2 aromatic carbocycles. The molecule has 0 radical (unpaired) electrons. The van der Waals surface area contributed by atoms with Gasteiger partial charge in [-0.2, -0.15) is 0 Å². The van der Waals surface area contributed by atoms with E-state index >= 15 is 0 Å². The van der Waals surface area contributed by atoms with Gasteiger partial charge in [0.1, 0.15) is 5.82 Å². The normalized spacial score (nSPS) is 11.3. The number of aromatic nitrogens is 5. The summed E-state index contributed by atoms with van der Waals surface area (Å²) in [4.78, 5) is 38.5. The van der Waals surface area contributed by atoms with E-state index in [9.17, 15) is 9.59 Å². The molecular weight excluding hydrogens is 510 g/mol. The third-order valence-electron chi connectivity index (χ3n) is 6.88. The first kappa shape index (κ1) is 26.5. The van der Waals surface area contributed by atoms with Crippen LogP contribution in [0.25, 0.3) is 22.5 Å². The second-order valence-electron chi connectivity index (χ2n) is 9.68. The highest BCUT2D eigenvalue weighted by Gasteiger charge is 2.18. The van der Waals surface area contributed by atoms with Crippen molar-refractivity contribution in [1.82, 2.24) is 24.7 Å². The summed E-state index contributed by atoms with van der Waals surface area (Å²) in [5.41, 5.74) is 6.32. The highest BCUT2D eigenvalue weighted by Crippen LogP contribution is 2.30. The van der Waals surface area contributed by atoms with Crippen LogP contribution in [-0.4, -0.2) is 24.7 Å². The van der Waals surface area contributed by atoms with Gasteiger partial charge in [-0.15, -0.1) is 11.3 Å². The first-order valence-electron chi connectivity index (χ1n) is 13.1. The highest BCUT2D eigenvalue weighted by molar-refractivity contribution is 7.11. The van der Waals surface area contributed by atoms with E-state index in [4.69, 9.17) is 9.51 Å². The number of H-pyrrole nitrogens is 1. The largest absolute Gasteiger partial charge is 0.439 e. The molecule has 5 rings (SSSR count). The van der Waals surface area contributed by atoms with Gasteiger partial charge in [0.2, 0.25) is 0 Å². The van der Waals surface area contributed by atoms with E-state index in [2.05, 4.69) is 22.0 Å². The number of thiazole rings is 1. The Morgan fingerprint density at radius 1 is 0.974 bits per heavy atom. The Morgan fingerprint density at radius 3 is 2.36 bits per heavy atom. The van der Waals surface area contributed by atoms with Gasteiger partial charge in [0.05, 0.1) is 22.9 Å². The molecule has 5 aromatic rings. The first-order valence-corrected chi connectivity index (χ1v) is 13.9. The zero-order chi connectivity index (χ0) is 27.5. The van der Waals surface area contributed by atoms with Crippen LogP contribution >= 0.6 is 11.3 Å². The Morgan fingerprint density at radius 2 is 1.72 bits per heavy atom. The molecular formula is C30H31N5O3S. The van der Waals surface area contributed by atoms with Crippen molar-refractivity contribution < 1.29 is 4.52 Å². The van der Waals surface area contributed by atoms with Gasteiger partial charge in [-0.3, -0.25) is 18.9 Å². The zero-order valence-electron chi connectivity index (χ0n) is 22.6. The molecule has 0 aliphatic heterocycles. The number of benzene rings is 2. The highest BCUT2D eigenvalue weighted by atomic mass is 32.1. The summed E-state index contributed by atoms with van der Waals surface area (Å²) in [6, 6.07) is 15.8. The minimum atomic E-state index is -0.591. The Hall–Kier alpha value is -4.11. The van der Waals surface area contributed by atoms with Gasteiger partial charge in [-0.25, -0.2) is 14.8 Å². The van der Waals surface area contributed by atoms with Crippen molar-refractivity contribution in [3.8, 4) is 22.5 Å². The molecule has 3 aromatic heterocycles. The second kappa shape index (κ2) is 11.3. The molecule has 200 valence electrons. The molecule has 0 bridgehead atoms. The van der Waals surface area contributed by atoms with Crippen LogP contribution in [0.4, 0.5) is 0 Å². The fraction of sp³-hybridized carbons (Fsp3) is 0.300. The van der Waals surface area contributed by atoms with Crippen molar-refractivity contribution in [3.05, 3.63) is 108 Å². The summed E-state index contributed by atoms with van der Waals surface area (Å²) >= 11 is 1.63. The van der Waals surface area contributed by atoms with E-state index in [0.29, 0.717) is 18.8 Å². The van der Waals surface area contributed by atoms with Gasteiger partial charge < -0.3 is 0 Å². The maximum Gasteiger partial charge on any atom is 0.439 e. The zero-order valence-corrected chi connectivity index (χ0v) is 23.4. The number of rotatable bonds is 9. The molecule has 9 heteroatoms. The fourth-order valence-corrected chi connectivity index (χ4v) is 5.75. The Balaban J connectivity index is 1.49. The summed E-state index contributed by atoms with van der Waals surface area (Å²) in [5.74, 6) is 0.531. The predicted octanol–water partition coefficient (Wildman–Crippen LogP) is 5.62. The number of hydrogen-bond donors (Lipinski definition) is 1. The van der Waals surface area contributed by atoms with Crippen LogP contribution in [0.3, 0.4) is 0 Å². The van der Waals surface area contributed by atoms with Crippen LogP contribution in [0, 0.1) is 20.8 Å². The van der Waals surface area contributed by atoms with E-state index in [0.717, 1.165) is 74.2 Å². The number of hydrogen-bond acceptors (Lipinski definition) is 7. The Labute approximate surface area is 230 Å². The number of unbranched alkanes of at least 4 members (excludes halogenated alkanes) is 1. The van der Waals surface area contributed by atoms with Crippen LogP contribution in [0.1, 0.15) is 58.0 Å². The average Bonchev–Trinajstić information content (AvgIpc) is 3.51. The lowest BCUT2D eigenvalue weighted by molar-refractivity contribution is 0.388. The fourth-order valence-electron chi connectivity index (χ4n) is 4.83. The van der Waals surface area contributed by atoms with Crippen molar-refractivity contribution >= 4 is 11.3 Å². The average molecular weight is 542 g/mol. The van der Waals surface area contributed by atoms with Crippen LogP contribution in [0.15, 0.2) is 62.6 Å². The van der Waals surface area contributed by atoms with E-state index in [1.807, 2.05) is 69.3 Å². The van der Waals surface area contributed by atoms with Crippen LogP contribution in [0.2, 0.25) is 0 Å². The van der Waals surface area contributed by atoms with Gasteiger partial charge in [0.15, 0.2) is 5.82 Å². The lowest BCUT2D eigenvalue weighted by Gasteiger charge is -2.15. The first-order chi connectivity index (χ1) is 18.8. The van der Waals surface area contributed by atoms with Gasteiger partial charge >= 0.3 is 5.76 Å². The molecule has 39 heavy (non-hydrogen) atoms. The molecule has 1 N–H and O–H groups in total. The lowest BCUT2D eigenvalue weighted by atomic mass is 9.96. The molecule has 0 aliphatic rings. The van der Waals surface area contributed by atoms with Gasteiger partial charge in [0, 0.05) is 22.4 Å². The minimum Gasteiger partial charge on any atom is -0.296 e. The molecule has 0 atom stereocenters. The van der Waals surface area contributed by atoms with E-state index in [1.165, 1.54) is 0 Å². The number of aryl methyl sites for hydroxylation is 4. The monoisotopic (exact) mass is 541 g/mol. The smallest absolute Gasteiger partial charge is 0.296 e. The van der Waals surface area contributed by atoms with Gasteiger partial charge in [0.25, 0.3) is 5.56 Å². The van der Waals surface area contributed by atoms with Crippen molar-refractivity contribution in [2.75, 3.05) is 0 Å².